The second-order valence-corrected chi connectivity index (χ2v) is 3.71. The predicted octanol–water partition coefficient (Wildman–Crippen LogP) is 2.47. The van der Waals surface area contributed by atoms with Gasteiger partial charge >= 0.3 is 0 Å². The Morgan fingerprint density at radius 2 is 2.21 bits per heavy atom. The minimum absolute atomic E-state index is 0.293. The minimum Gasteiger partial charge on any atom is -0.492 e. The fraction of sp³-hybridized carbons (Fsp3) is 0.444. The van der Waals surface area contributed by atoms with Crippen molar-refractivity contribution >= 4 is 23.2 Å². The fourth-order valence-electron chi connectivity index (χ4n) is 1.48. The highest BCUT2D eigenvalue weighted by Crippen LogP contribution is 2.36. The molecule has 0 N–H and O–H groups in total. The van der Waals surface area contributed by atoms with Crippen molar-refractivity contribution in [1.29, 1.82) is 0 Å². The van der Waals surface area contributed by atoms with Crippen molar-refractivity contribution in [3.8, 4) is 5.75 Å². The average Bonchev–Trinajstić information content (AvgIpc) is 2.18. The first kappa shape index (κ1) is 10.0. The van der Waals surface area contributed by atoms with Crippen LogP contribution in [0, 0.1) is 0 Å². The van der Waals surface area contributed by atoms with Gasteiger partial charge in [0.25, 0.3) is 0 Å². The van der Waals surface area contributed by atoms with Gasteiger partial charge in [0.05, 0.1) is 31.0 Å². The highest BCUT2D eigenvalue weighted by Gasteiger charge is 2.20. The van der Waals surface area contributed by atoms with Crippen LogP contribution in [0.25, 0.3) is 0 Å². The number of nitrogens with zero attached hydrogens (tertiary/aromatic N) is 1. The van der Waals surface area contributed by atoms with Crippen molar-refractivity contribution in [1.82, 2.24) is 4.98 Å². The Kier molecular flexibility index (Phi) is 2.81. The largest absolute Gasteiger partial charge is 0.492 e. The molecule has 2 rings (SSSR count). The van der Waals surface area contributed by atoms with Crippen molar-refractivity contribution in [2.24, 2.45) is 0 Å². The second-order valence-electron chi connectivity index (χ2n) is 2.98. The molecular weight excluding hydrogens is 225 g/mol. The van der Waals surface area contributed by atoms with Crippen LogP contribution in [0.1, 0.15) is 11.3 Å². The highest BCUT2D eigenvalue weighted by atomic mass is 35.5. The van der Waals surface area contributed by atoms with Gasteiger partial charge in [0.2, 0.25) is 0 Å². The van der Waals surface area contributed by atoms with E-state index < -0.39 is 0 Å². The molecule has 0 atom stereocenters. The number of halogens is 2. The Morgan fingerprint density at radius 1 is 1.43 bits per heavy atom. The molecule has 14 heavy (non-hydrogen) atoms. The van der Waals surface area contributed by atoms with Crippen LogP contribution in [0.5, 0.6) is 5.75 Å². The van der Waals surface area contributed by atoms with Crippen LogP contribution in [0.2, 0.25) is 10.2 Å². The van der Waals surface area contributed by atoms with E-state index >= 15 is 0 Å². The van der Waals surface area contributed by atoms with E-state index in [0.29, 0.717) is 29.1 Å². The van der Waals surface area contributed by atoms with E-state index in [-0.39, 0.29) is 0 Å². The molecule has 0 fully saturated rings. The fourth-order valence-corrected chi connectivity index (χ4v) is 2.17. The molecule has 1 aromatic rings. The quantitative estimate of drug-likeness (QED) is 0.699. The molecule has 0 saturated carbocycles. The van der Waals surface area contributed by atoms with Crippen LogP contribution in [0.3, 0.4) is 0 Å². The molecule has 1 aliphatic rings. The number of ether oxygens (including phenoxy) is 2. The molecule has 0 saturated heterocycles. The summed E-state index contributed by atoms with van der Waals surface area (Å²) in [5, 5.41) is 0.854. The average molecular weight is 234 g/mol. The number of hydrogen-bond acceptors (Lipinski definition) is 3. The molecule has 5 heteroatoms. The standard InChI is InChI=1S/C9H9Cl2NO2/c1-13-8-7(10)5-2-3-14-4-6(5)12-9(8)11/h2-4H2,1H3. The smallest absolute Gasteiger partial charge is 0.175 e. The van der Waals surface area contributed by atoms with Crippen LogP contribution in [-0.2, 0) is 17.8 Å². The Balaban J connectivity index is 2.57. The molecule has 0 unspecified atom stereocenters. The molecule has 1 aliphatic heterocycles. The van der Waals surface area contributed by atoms with E-state index in [2.05, 4.69) is 4.98 Å². The van der Waals surface area contributed by atoms with Crippen molar-refractivity contribution in [3.63, 3.8) is 0 Å². The van der Waals surface area contributed by atoms with E-state index in [9.17, 15) is 0 Å². The van der Waals surface area contributed by atoms with Gasteiger partial charge in [-0.3, -0.25) is 0 Å². The van der Waals surface area contributed by atoms with E-state index in [4.69, 9.17) is 32.7 Å². The molecule has 0 spiro atoms. The topological polar surface area (TPSA) is 31.4 Å². The lowest BCUT2D eigenvalue weighted by Gasteiger charge is -2.18. The normalized spacial score (nSPS) is 15.1. The van der Waals surface area contributed by atoms with E-state index in [1.54, 1.807) is 0 Å². The van der Waals surface area contributed by atoms with Gasteiger partial charge in [-0.25, -0.2) is 4.98 Å². The van der Waals surface area contributed by atoms with Gasteiger partial charge in [0.15, 0.2) is 10.9 Å². The summed E-state index contributed by atoms with van der Waals surface area (Å²) in [5.41, 5.74) is 1.80. The maximum absolute atomic E-state index is 6.13. The summed E-state index contributed by atoms with van der Waals surface area (Å²) in [5.74, 6) is 0.453. The molecule has 0 aromatic carbocycles. The number of methoxy groups -OCH3 is 1. The van der Waals surface area contributed by atoms with Crippen LogP contribution < -0.4 is 4.74 Å². The van der Waals surface area contributed by atoms with Gasteiger partial charge in [0, 0.05) is 5.56 Å². The van der Waals surface area contributed by atoms with Crippen molar-refractivity contribution in [2.45, 2.75) is 13.0 Å². The van der Waals surface area contributed by atoms with Gasteiger partial charge in [-0.1, -0.05) is 23.2 Å². The monoisotopic (exact) mass is 233 g/mol. The molecule has 2 heterocycles. The summed E-state index contributed by atoms with van der Waals surface area (Å²) in [7, 11) is 1.53. The first-order valence-electron chi connectivity index (χ1n) is 4.22. The van der Waals surface area contributed by atoms with Crippen LogP contribution in [0.15, 0.2) is 0 Å². The first-order chi connectivity index (χ1) is 6.74. The third-order valence-electron chi connectivity index (χ3n) is 2.17. The van der Waals surface area contributed by atoms with Gasteiger partial charge < -0.3 is 9.47 Å². The lowest BCUT2D eigenvalue weighted by atomic mass is 10.1. The van der Waals surface area contributed by atoms with Crippen molar-refractivity contribution < 1.29 is 9.47 Å². The zero-order valence-corrected chi connectivity index (χ0v) is 9.15. The van der Waals surface area contributed by atoms with Gasteiger partial charge in [-0.05, 0) is 6.42 Å². The Morgan fingerprint density at radius 3 is 2.93 bits per heavy atom. The minimum atomic E-state index is 0.293. The van der Waals surface area contributed by atoms with E-state index in [0.717, 1.165) is 17.7 Å². The van der Waals surface area contributed by atoms with E-state index in [1.807, 2.05) is 0 Å². The molecule has 0 aliphatic carbocycles. The number of rotatable bonds is 1. The third-order valence-corrected chi connectivity index (χ3v) is 2.83. The molecule has 0 bridgehead atoms. The first-order valence-corrected chi connectivity index (χ1v) is 4.98. The zero-order chi connectivity index (χ0) is 10.1. The molecule has 76 valence electrons. The lowest BCUT2D eigenvalue weighted by molar-refractivity contribution is 0.107. The van der Waals surface area contributed by atoms with Crippen LogP contribution in [-0.4, -0.2) is 18.7 Å². The molecule has 0 radical (unpaired) electrons. The summed E-state index contributed by atoms with van der Waals surface area (Å²) >= 11 is 12.0. The number of aromatic nitrogens is 1. The van der Waals surface area contributed by atoms with Crippen molar-refractivity contribution in [3.05, 3.63) is 21.4 Å². The molecular formula is C9H9Cl2NO2. The third kappa shape index (κ3) is 1.56. The summed E-state index contributed by atoms with van der Waals surface area (Å²) in [6.07, 6.45) is 0.759. The highest BCUT2D eigenvalue weighted by molar-refractivity contribution is 6.37. The maximum atomic E-state index is 6.13. The van der Waals surface area contributed by atoms with Gasteiger partial charge in [-0.15, -0.1) is 0 Å². The molecule has 1 aromatic heterocycles. The maximum Gasteiger partial charge on any atom is 0.175 e. The van der Waals surface area contributed by atoms with E-state index in [1.165, 1.54) is 7.11 Å². The van der Waals surface area contributed by atoms with Gasteiger partial charge in [-0.2, -0.15) is 0 Å². The molecule has 3 nitrogen and oxygen atoms in total. The van der Waals surface area contributed by atoms with Crippen molar-refractivity contribution in [2.75, 3.05) is 13.7 Å². The zero-order valence-electron chi connectivity index (χ0n) is 7.64. The number of fused-ring (bicyclic) bond motifs is 1. The van der Waals surface area contributed by atoms with Crippen LogP contribution in [0.4, 0.5) is 0 Å². The second kappa shape index (κ2) is 3.93. The summed E-state index contributed by atoms with van der Waals surface area (Å²) in [6.45, 7) is 1.14. The predicted molar refractivity (Wildman–Crippen MR) is 54.2 cm³/mol. The Labute approximate surface area is 91.9 Å². The summed E-state index contributed by atoms with van der Waals surface area (Å²) in [6, 6.07) is 0. The summed E-state index contributed by atoms with van der Waals surface area (Å²) in [4.78, 5) is 4.18. The lowest BCUT2D eigenvalue weighted by Crippen LogP contribution is -2.13. The van der Waals surface area contributed by atoms with Gasteiger partial charge in [0.1, 0.15) is 0 Å². The number of hydrogen-bond donors (Lipinski definition) is 0. The Hall–Kier alpha value is -0.510. The Bertz CT molecular complexity index is 368. The summed E-state index contributed by atoms with van der Waals surface area (Å²) < 4.78 is 10.3. The SMILES string of the molecule is COc1c(Cl)nc2c(c1Cl)CCOC2. The van der Waals surface area contributed by atoms with Crippen LogP contribution >= 0.6 is 23.2 Å². The molecule has 0 amide bonds. The number of pyridine rings is 1.